The number of carbonyl (C=O) groups excluding carboxylic acids is 1. The van der Waals surface area contributed by atoms with E-state index in [1.807, 2.05) is 0 Å². The predicted molar refractivity (Wildman–Crippen MR) is 127 cm³/mol. The fourth-order valence-electron chi connectivity index (χ4n) is 3.57. The first kappa shape index (κ1) is 24.8. The van der Waals surface area contributed by atoms with Crippen LogP contribution in [0.25, 0.3) is 22.2 Å². The number of fused-ring (bicyclic) bond motifs is 1. The number of carbonyl (C=O) groups is 1. The van der Waals surface area contributed by atoms with Crippen LogP contribution in [0, 0.1) is 0 Å². The summed E-state index contributed by atoms with van der Waals surface area (Å²) in [6.07, 6.45) is -4.62. The number of amides is 1. The van der Waals surface area contributed by atoms with Crippen molar-refractivity contribution in [1.29, 1.82) is 0 Å². The highest BCUT2D eigenvalue weighted by Gasteiger charge is 2.33. The topological polar surface area (TPSA) is 90.4 Å². The Morgan fingerprint density at radius 1 is 1.14 bits per heavy atom. The number of halogens is 5. The molecule has 2 aromatic heterocycles. The van der Waals surface area contributed by atoms with Gasteiger partial charge in [0.1, 0.15) is 28.5 Å². The lowest BCUT2D eigenvalue weighted by Gasteiger charge is -2.11. The lowest BCUT2D eigenvalue weighted by molar-refractivity contribution is -0.140. The second kappa shape index (κ2) is 9.77. The van der Waals surface area contributed by atoms with E-state index in [1.54, 1.807) is 24.3 Å². The van der Waals surface area contributed by atoms with E-state index in [2.05, 4.69) is 10.3 Å². The number of ether oxygens (including phenoxy) is 1. The third-order valence-electron chi connectivity index (χ3n) is 5.29. The quantitative estimate of drug-likeness (QED) is 0.313. The molecule has 0 saturated carbocycles. The Morgan fingerprint density at radius 3 is 2.57 bits per heavy atom. The fraction of sp³-hybridized carbons (Fsp3) is 0.167. The van der Waals surface area contributed by atoms with Crippen LogP contribution < -0.4 is 15.8 Å². The van der Waals surface area contributed by atoms with E-state index >= 15 is 0 Å². The van der Waals surface area contributed by atoms with E-state index < -0.39 is 17.8 Å². The molecule has 2 heterocycles. The second-order valence-electron chi connectivity index (χ2n) is 7.48. The third-order valence-corrected chi connectivity index (χ3v) is 5.88. The molecule has 0 bridgehead atoms. The largest absolute Gasteiger partial charge is 0.494 e. The standard InChI is InChI=1S/C24H18Cl2F3N3O3/c1-34-18-6-4-14(15-5-7-21(24(27,28)29)32-22(15)18)19-9-16(20(10-30)35-19)23(33)31-11-12-2-3-13(25)8-17(12)26/h2-9H,10-11,30H2,1H3,(H,31,33). The van der Waals surface area contributed by atoms with Crippen LogP contribution >= 0.6 is 23.2 Å². The van der Waals surface area contributed by atoms with Gasteiger partial charge in [0.15, 0.2) is 0 Å². The molecule has 0 radical (unpaired) electrons. The number of rotatable bonds is 6. The Kier molecular flexibility index (Phi) is 6.93. The van der Waals surface area contributed by atoms with Crippen molar-refractivity contribution in [2.24, 2.45) is 5.73 Å². The summed E-state index contributed by atoms with van der Waals surface area (Å²) < 4.78 is 50.7. The summed E-state index contributed by atoms with van der Waals surface area (Å²) in [6, 6.07) is 11.7. The molecule has 0 aliphatic carbocycles. The first-order valence-corrected chi connectivity index (χ1v) is 11.0. The van der Waals surface area contributed by atoms with Gasteiger partial charge in [0.25, 0.3) is 5.91 Å². The molecular formula is C24H18Cl2F3N3O3. The van der Waals surface area contributed by atoms with Crippen molar-refractivity contribution in [3.8, 4) is 17.1 Å². The lowest BCUT2D eigenvalue weighted by Crippen LogP contribution is -2.23. The third kappa shape index (κ3) is 5.07. The molecule has 2 aromatic carbocycles. The van der Waals surface area contributed by atoms with Crippen LogP contribution in [-0.2, 0) is 19.3 Å². The zero-order valence-electron chi connectivity index (χ0n) is 18.2. The number of aromatic nitrogens is 1. The highest BCUT2D eigenvalue weighted by molar-refractivity contribution is 6.35. The average molecular weight is 524 g/mol. The zero-order chi connectivity index (χ0) is 25.3. The summed E-state index contributed by atoms with van der Waals surface area (Å²) >= 11 is 12.1. The molecule has 182 valence electrons. The van der Waals surface area contributed by atoms with E-state index in [-0.39, 0.29) is 41.4 Å². The van der Waals surface area contributed by atoms with Crippen LogP contribution in [0.15, 0.2) is 52.9 Å². The van der Waals surface area contributed by atoms with Gasteiger partial charge in [-0.15, -0.1) is 0 Å². The van der Waals surface area contributed by atoms with Crippen LogP contribution in [0.4, 0.5) is 13.2 Å². The van der Waals surface area contributed by atoms with Crippen molar-refractivity contribution >= 4 is 40.0 Å². The Labute approximate surface area is 207 Å². The summed E-state index contributed by atoms with van der Waals surface area (Å²) in [5, 5.41) is 3.99. The maximum absolute atomic E-state index is 13.2. The molecule has 1 amide bonds. The van der Waals surface area contributed by atoms with E-state index in [0.717, 1.165) is 6.07 Å². The van der Waals surface area contributed by atoms with Gasteiger partial charge in [-0.1, -0.05) is 29.3 Å². The smallest absolute Gasteiger partial charge is 0.433 e. The Balaban J connectivity index is 1.70. The molecule has 0 spiro atoms. The van der Waals surface area contributed by atoms with Crippen molar-refractivity contribution in [2.45, 2.75) is 19.3 Å². The number of methoxy groups -OCH3 is 1. The molecule has 3 N–H and O–H groups in total. The van der Waals surface area contributed by atoms with Crippen molar-refractivity contribution in [1.82, 2.24) is 10.3 Å². The van der Waals surface area contributed by atoms with Crippen molar-refractivity contribution < 1.29 is 27.1 Å². The zero-order valence-corrected chi connectivity index (χ0v) is 19.7. The van der Waals surface area contributed by atoms with Gasteiger partial charge in [-0.3, -0.25) is 4.79 Å². The van der Waals surface area contributed by atoms with Crippen molar-refractivity contribution in [2.75, 3.05) is 7.11 Å². The number of nitrogens with one attached hydrogen (secondary N) is 1. The summed E-state index contributed by atoms with van der Waals surface area (Å²) in [4.78, 5) is 16.6. The highest BCUT2D eigenvalue weighted by atomic mass is 35.5. The van der Waals surface area contributed by atoms with Crippen LogP contribution in [0.5, 0.6) is 5.75 Å². The molecule has 35 heavy (non-hydrogen) atoms. The van der Waals surface area contributed by atoms with E-state index in [0.29, 0.717) is 26.6 Å². The molecule has 4 rings (SSSR count). The predicted octanol–water partition coefficient (Wildman–Crippen LogP) is 6.22. The minimum absolute atomic E-state index is 0.00825. The van der Waals surface area contributed by atoms with Crippen LogP contribution in [-0.4, -0.2) is 18.0 Å². The summed E-state index contributed by atoms with van der Waals surface area (Å²) in [6.45, 7) is 0.0595. The normalized spacial score (nSPS) is 11.6. The van der Waals surface area contributed by atoms with Gasteiger partial charge in [0, 0.05) is 27.5 Å². The number of alkyl halides is 3. The van der Waals surface area contributed by atoms with Gasteiger partial charge in [0.2, 0.25) is 0 Å². The maximum atomic E-state index is 13.2. The average Bonchev–Trinajstić information content (AvgIpc) is 3.26. The molecule has 0 aliphatic heterocycles. The molecule has 0 atom stereocenters. The van der Waals surface area contributed by atoms with Crippen molar-refractivity contribution in [3.05, 3.63) is 81.2 Å². The minimum Gasteiger partial charge on any atom is -0.494 e. The lowest BCUT2D eigenvalue weighted by atomic mass is 10.0. The number of benzene rings is 2. The number of nitrogens with zero attached hydrogens (tertiary/aromatic N) is 1. The Hall–Kier alpha value is -3.27. The van der Waals surface area contributed by atoms with Crippen LogP contribution in [0.3, 0.4) is 0 Å². The number of hydrogen-bond acceptors (Lipinski definition) is 5. The molecule has 0 unspecified atom stereocenters. The second-order valence-corrected chi connectivity index (χ2v) is 8.32. The SMILES string of the molecule is COc1ccc(-c2cc(C(=O)NCc3ccc(Cl)cc3Cl)c(CN)o2)c2ccc(C(F)(F)F)nc12. The van der Waals surface area contributed by atoms with Gasteiger partial charge >= 0.3 is 6.18 Å². The maximum Gasteiger partial charge on any atom is 0.433 e. The molecule has 6 nitrogen and oxygen atoms in total. The number of furan rings is 1. The molecule has 11 heteroatoms. The summed E-state index contributed by atoms with van der Waals surface area (Å²) in [5.74, 6) is 0.165. The van der Waals surface area contributed by atoms with Crippen LogP contribution in [0.1, 0.15) is 27.4 Å². The van der Waals surface area contributed by atoms with E-state index in [4.69, 9.17) is 38.1 Å². The molecule has 4 aromatic rings. The summed E-state index contributed by atoms with van der Waals surface area (Å²) in [7, 11) is 1.34. The van der Waals surface area contributed by atoms with Gasteiger partial charge in [-0.25, -0.2) is 4.98 Å². The Bertz CT molecular complexity index is 1420. The number of hydrogen-bond donors (Lipinski definition) is 2. The highest BCUT2D eigenvalue weighted by Crippen LogP contribution is 2.38. The molecule has 0 aliphatic rings. The fourth-order valence-corrected chi connectivity index (χ4v) is 4.05. The van der Waals surface area contributed by atoms with Gasteiger partial charge in [-0.05, 0) is 48.0 Å². The summed E-state index contributed by atoms with van der Waals surface area (Å²) in [5.41, 5.74) is 6.02. The van der Waals surface area contributed by atoms with Gasteiger partial charge < -0.3 is 20.2 Å². The number of nitrogens with two attached hydrogens (primary N) is 1. The molecule has 0 fully saturated rings. The van der Waals surface area contributed by atoms with Gasteiger partial charge in [-0.2, -0.15) is 13.2 Å². The van der Waals surface area contributed by atoms with E-state index in [9.17, 15) is 18.0 Å². The molecule has 0 saturated heterocycles. The molecular weight excluding hydrogens is 506 g/mol. The minimum atomic E-state index is -4.62. The number of pyridine rings is 1. The van der Waals surface area contributed by atoms with Crippen LogP contribution in [0.2, 0.25) is 10.0 Å². The van der Waals surface area contributed by atoms with E-state index in [1.165, 1.54) is 25.3 Å². The first-order valence-electron chi connectivity index (χ1n) is 10.2. The first-order chi connectivity index (χ1) is 16.6. The Morgan fingerprint density at radius 2 is 1.91 bits per heavy atom. The van der Waals surface area contributed by atoms with Crippen molar-refractivity contribution in [3.63, 3.8) is 0 Å². The monoisotopic (exact) mass is 523 g/mol. The van der Waals surface area contributed by atoms with Gasteiger partial charge in [0.05, 0.1) is 19.2 Å².